The van der Waals surface area contributed by atoms with Crippen molar-refractivity contribution in [3.8, 4) is 0 Å². The van der Waals surface area contributed by atoms with Crippen LogP contribution in [-0.4, -0.2) is 37.9 Å². The van der Waals surface area contributed by atoms with E-state index in [9.17, 15) is 18.0 Å². The molecule has 10 heteroatoms. The highest BCUT2D eigenvalue weighted by Gasteiger charge is 2.32. The first-order valence-electron chi connectivity index (χ1n) is 8.19. The molecule has 8 nitrogen and oxygen atoms in total. The molecule has 1 amide bonds. The molecule has 1 unspecified atom stereocenters. The summed E-state index contributed by atoms with van der Waals surface area (Å²) in [7, 11) is -3.81. The number of fused-ring (bicyclic) bond motifs is 1. The third-order valence-corrected chi connectivity index (χ3v) is 5.95. The number of hydrogen-bond acceptors (Lipinski definition) is 7. The maximum Gasteiger partial charge on any atom is 0.312 e. The van der Waals surface area contributed by atoms with Crippen molar-refractivity contribution in [2.24, 2.45) is 5.14 Å². The zero-order chi connectivity index (χ0) is 19.8. The predicted molar refractivity (Wildman–Crippen MR) is 100.0 cm³/mol. The quantitative estimate of drug-likeness (QED) is 0.740. The topological polar surface area (TPSA) is 120 Å². The van der Waals surface area contributed by atoms with E-state index in [2.05, 4.69) is 4.98 Å². The van der Waals surface area contributed by atoms with E-state index in [1.54, 1.807) is 11.4 Å². The second-order valence-electron chi connectivity index (χ2n) is 6.35. The van der Waals surface area contributed by atoms with Gasteiger partial charge >= 0.3 is 5.97 Å². The van der Waals surface area contributed by atoms with Crippen molar-refractivity contribution in [3.63, 3.8) is 0 Å². The summed E-state index contributed by atoms with van der Waals surface area (Å²) in [5, 5.41) is 7.79. The lowest BCUT2D eigenvalue weighted by molar-refractivity contribution is -0.147. The number of primary sulfonamides is 1. The van der Waals surface area contributed by atoms with Crippen LogP contribution in [0.3, 0.4) is 0 Å². The van der Waals surface area contributed by atoms with Crippen molar-refractivity contribution in [2.75, 3.05) is 11.5 Å². The van der Waals surface area contributed by atoms with E-state index in [0.29, 0.717) is 23.4 Å². The van der Waals surface area contributed by atoms with Crippen molar-refractivity contribution in [2.45, 2.75) is 37.6 Å². The fourth-order valence-electron chi connectivity index (χ4n) is 3.06. The number of aryl methyl sites for hydroxylation is 1. The summed E-state index contributed by atoms with van der Waals surface area (Å²) < 4.78 is 28.1. The number of benzene rings is 1. The van der Waals surface area contributed by atoms with Crippen molar-refractivity contribution in [1.82, 2.24) is 4.98 Å². The number of amides is 1. The molecule has 3 rings (SSSR count). The van der Waals surface area contributed by atoms with E-state index >= 15 is 0 Å². The van der Waals surface area contributed by atoms with Gasteiger partial charge < -0.3 is 9.64 Å². The molecule has 0 bridgehead atoms. The number of carbonyl (C=O) groups excluding carboxylic acids is 2. The van der Waals surface area contributed by atoms with Gasteiger partial charge in [0.05, 0.1) is 22.0 Å². The minimum absolute atomic E-state index is 0.00716. The molecular formula is C17H19N3O5S2. The number of carbonyl (C=O) groups is 2. The molecule has 27 heavy (non-hydrogen) atoms. The molecule has 0 radical (unpaired) electrons. The van der Waals surface area contributed by atoms with Gasteiger partial charge in [-0.1, -0.05) is 0 Å². The Morgan fingerprint density at radius 3 is 2.78 bits per heavy atom. The van der Waals surface area contributed by atoms with Gasteiger partial charge in [0.1, 0.15) is 0 Å². The van der Waals surface area contributed by atoms with Gasteiger partial charge in [0.2, 0.25) is 10.0 Å². The molecule has 0 fully saturated rings. The van der Waals surface area contributed by atoms with Crippen LogP contribution in [0.5, 0.6) is 0 Å². The first-order valence-corrected chi connectivity index (χ1v) is 10.6. The molecule has 1 aliphatic rings. The molecule has 0 aliphatic carbocycles. The van der Waals surface area contributed by atoms with Gasteiger partial charge in [-0.2, -0.15) is 0 Å². The lowest BCUT2D eigenvalue weighted by Crippen LogP contribution is -2.38. The van der Waals surface area contributed by atoms with Gasteiger partial charge in [-0.15, -0.1) is 11.3 Å². The zero-order valence-electron chi connectivity index (χ0n) is 14.8. The molecule has 1 aliphatic heterocycles. The fourth-order valence-corrected chi connectivity index (χ4v) is 4.24. The largest absolute Gasteiger partial charge is 0.455 e. The Labute approximate surface area is 161 Å². The summed E-state index contributed by atoms with van der Waals surface area (Å²) in [6.45, 7) is 3.30. The molecule has 2 heterocycles. The van der Waals surface area contributed by atoms with Gasteiger partial charge in [-0.05, 0) is 44.0 Å². The van der Waals surface area contributed by atoms with Crippen LogP contribution in [0.15, 0.2) is 28.5 Å². The molecule has 0 spiro atoms. The highest BCUT2D eigenvalue weighted by molar-refractivity contribution is 7.89. The molecule has 144 valence electrons. The van der Waals surface area contributed by atoms with Crippen molar-refractivity contribution in [3.05, 3.63) is 39.8 Å². The van der Waals surface area contributed by atoms with Crippen LogP contribution < -0.4 is 10.0 Å². The summed E-state index contributed by atoms with van der Waals surface area (Å²) in [4.78, 5) is 30.2. The normalized spacial score (nSPS) is 16.3. The second kappa shape index (κ2) is 7.37. The Morgan fingerprint density at radius 2 is 2.15 bits per heavy atom. The van der Waals surface area contributed by atoms with Gasteiger partial charge in [0.25, 0.3) is 5.91 Å². The highest BCUT2D eigenvalue weighted by Crippen LogP contribution is 2.33. The Kier molecular flexibility index (Phi) is 5.31. The first kappa shape index (κ1) is 19.5. The molecule has 0 saturated carbocycles. The van der Waals surface area contributed by atoms with Crippen LogP contribution in [0, 0.1) is 6.92 Å². The summed E-state index contributed by atoms with van der Waals surface area (Å²) in [5.41, 5.74) is 1.93. The third-order valence-electron chi connectivity index (χ3n) is 4.21. The number of ether oxygens (including phenoxy) is 1. The van der Waals surface area contributed by atoms with Gasteiger partial charge in [0, 0.05) is 17.1 Å². The minimum Gasteiger partial charge on any atom is -0.455 e. The van der Waals surface area contributed by atoms with Gasteiger partial charge in [-0.25, -0.2) is 18.5 Å². The van der Waals surface area contributed by atoms with Crippen LogP contribution in [-0.2, 0) is 37.2 Å². The molecule has 2 N–H and O–H groups in total. The first-order chi connectivity index (χ1) is 12.6. The van der Waals surface area contributed by atoms with Crippen molar-refractivity contribution < 1.29 is 22.7 Å². The Hall–Kier alpha value is -2.30. The standard InChI is InChI=1S/C17H19N3O5S2/c1-10-5-12-6-14(27(18,23)24)3-4-15(12)20(10)16(21)8-25-17(22)7-13-9-26-11(2)19-13/h3-4,6,9-10H,5,7-8H2,1-2H3,(H2,18,23,24). The monoisotopic (exact) mass is 409 g/mol. The maximum absolute atomic E-state index is 12.6. The molecule has 2 aromatic rings. The van der Waals surface area contributed by atoms with Crippen LogP contribution in [0.4, 0.5) is 5.69 Å². The lowest BCUT2D eigenvalue weighted by Gasteiger charge is -2.22. The number of anilines is 1. The average molecular weight is 409 g/mol. The number of thiazole rings is 1. The van der Waals surface area contributed by atoms with E-state index in [1.165, 1.54) is 28.4 Å². The van der Waals surface area contributed by atoms with Crippen LogP contribution in [0.1, 0.15) is 23.2 Å². The fraction of sp³-hybridized carbons (Fsp3) is 0.353. The third kappa shape index (κ3) is 4.34. The molecular weight excluding hydrogens is 390 g/mol. The van der Waals surface area contributed by atoms with Gasteiger partial charge in [0.15, 0.2) is 6.61 Å². The molecule has 1 aromatic heterocycles. The van der Waals surface area contributed by atoms with Crippen LogP contribution in [0.25, 0.3) is 0 Å². The molecule has 1 atom stereocenters. The van der Waals surface area contributed by atoms with Crippen molar-refractivity contribution in [1.29, 1.82) is 0 Å². The van der Waals surface area contributed by atoms with Crippen LogP contribution >= 0.6 is 11.3 Å². The summed E-state index contributed by atoms with van der Waals surface area (Å²) in [6.07, 6.45) is 0.512. The number of sulfonamides is 1. The minimum atomic E-state index is -3.81. The summed E-state index contributed by atoms with van der Waals surface area (Å²) >= 11 is 1.44. The Morgan fingerprint density at radius 1 is 1.41 bits per heavy atom. The molecule has 0 saturated heterocycles. The smallest absolute Gasteiger partial charge is 0.312 e. The Bertz CT molecular complexity index is 1000. The average Bonchev–Trinajstić information content (AvgIpc) is 3.13. The predicted octanol–water partition coefficient (Wildman–Crippen LogP) is 1.16. The number of nitrogens with zero attached hydrogens (tertiary/aromatic N) is 2. The van der Waals surface area contributed by atoms with E-state index in [1.807, 2.05) is 13.8 Å². The number of esters is 1. The SMILES string of the molecule is Cc1nc(CC(=O)OCC(=O)N2c3ccc(S(N)(=O)=O)cc3CC2C)cs1. The number of hydrogen-bond donors (Lipinski definition) is 1. The second-order valence-corrected chi connectivity index (χ2v) is 8.97. The zero-order valence-corrected chi connectivity index (χ0v) is 16.5. The van der Waals surface area contributed by atoms with E-state index in [4.69, 9.17) is 9.88 Å². The van der Waals surface area contributed by atoms with E-state index in [-0.39, 0.29) is 29.9 Å². The van der Waals surface area contributed by atoms with Gasteiger partial charge in [-0.3, -0.25) is 9.59 Å². The van der Waals surface area contributed by atoms with E-state index in [0.717, 1.165) is 5.01 Å². The summed E-state index contributed by atoms with van der Waals surface area (Å²) in [5.74, 6) is -0.891. The molecule has 1 aromatic carbocycles. The van der Waals surface area contributed by atoms with Crippen molar-refractivity contribution >= 4 is 38.9 Å². The maximum atomic E-state index is 12.6. The lowest BCUT2D eigenvalue weighted by atomic mass is 10.1. The highest BCUT2D eigenvalue weighted by atomic mass is 32.2. The van der Waals surface area contributed by atoms with E-state index < -0.39 is 16.0 Å². The summed E-state index contributed by atoms with van der Waals surface area (Å²) in [6, 6.07) is 4.22. The number of aromatic nitrogens is 1. The number of nitrogens with two attached hydrogens (primary N) is 1. The van der Waals surface area contributed by atoms with Crippen LogP contribution in [0.2, 0.25) is 0 Å². The number of rotatable bonds is 5. The Balaban J connectivity index is 1.66.